The van der Waals surface area contributed by atoms with Gasteiger partial charge >= 0.3 is 6.18 Å². The number of hydrogen-bond donors (Lipinski definition) is 0. The Kier molecular flexibility index (Phi) is 7.12. The highest BCUT2D eigenvalue weighted by Crippen LogP contribution is 2.37. The third kappa shape index (κ3) is 5.92. The summed E-state index contributed by atoms with van der Waals surface area (Å²) >= 11 is 7.47. The number of nitrogens with zero attached hydrogens (tertiary/aromatic N) is 3. The molecule has 1 aromatic heterocycles. The third-order valence-electron chi connectivity index (χ3n) is 4.28. The summed E-state index contributed by atoms with van der Waals surface area (Å²) in [6.45, 7) is 0.363. The van der Waals surface area contributed by atoms with Crippen molar-refractivity contribution >= 4 is 35.3 Å². The van der Waals surface area contributed by atoms with E-state index in [1.807, 2.05) is 30.3 Å². The first-order chi connectivity index (χ1) is 14.6. The maximum absolute atomic E-state index is 13.0. The molecule has 2 aromatic carbocycles. The summed E-state index contributed by atoms with van der Waals surface area (Å²) in [4.78, 5) is 18.3. The van der Waals surface area contributed by atoms with Crippen molar-refractivity contribution in [2.24, 2.45) is 0 Å². The molecule has 0 bridgehead atoms. The van der Waals surface area contributed by atoms with Gasteiger partial charge in [-0.1, -0.05) is 41.9 Å². The van der Waals surface area contributed by atoms with Crippen LogP contribution in [0.3, 0.4) is 0 Å². The minimum Gasteiger partial charge on any atom is -0.345 e. The van der Waals surface area contributed by atoms with Crippen LogP contribution in [0.2, 0.25) is 5.02 Å². The Labute approximate surface area is 187 Å². The summed E-state index contributed by atoms with van der Waals surface area (Å²) in [6, 6.07) is 17.3. The lowest BCUT2D eigenvalue weighted by Gasteiger charge is -2.24. The Morgan fingerprint density at radius 1 is 1.06 bits per heavy atom. The molecule has 0 aliphatic rings. The van der Waals surface area contributed by atoms with Gasteiger partial charge in [-0.05, 0) is 47.8 Å². The van der Waals surface area contributed by atoms with Gasteiger partial charge in [0.15, 0.2) is 5.82 Å². The largest absolute Gasteiger partial charge is 0.417 e. The van der Waals surface area contributed by atoms with Crippen LogP contribution in [0.15, 0.2) is 71.8 Å². The Morgan fingerprint density at radius 2 is 1.71 bits per heavy atom. The summed E-state index contributed by atoms with van der Waals surface area (Å²) in [7, 11) is 3.34. The van der Waals surface area contributed by atoms with Gasteiger partial charge in [0.25, 0.3) is 5.91 Å². The van der Waals surface area contributed by atoms with E-state index in [1.165, 1.54) is 16.8 Å². The van der Waals surface area contributed by atoms with Crippen LogP contribution in [0.25, 0.3) is 0 Å². The summed E-state index contributed by atoms with van der Waals surface area (Å²) in [5, 5.41) is -0.0994. The molecule has 0 fully saturated rings. The van der Waals surface area contributed by atoms with Crippen molar-refractivity contribution < 1.29 is 18.0 Å². The lowest BCUT2D eigenvalue weighted by atomic mass is 10.2. The van der Waals surface area contributed by atoms with Crippen LogP contribution in [0.4, 0.5) is 19.0 Å². The molecule has 0 saturated carbocycles. The van der Waals surface area contributed by atoms with E-state index in [0.717, 1.165) is 22.7 Å². The minimum absolute atomic E-state index is 0.0994. The van der Waals surface area contributed by atoms with Crippen LogP contribution in [0, 0.1) is 0 Å². The van der Waals surface area contributed by atoms with Crippen LogP contribution in [0.1, 0.15) is 21.5 Å². The van der Waals surface area contributed by atoms with E-state index in [9.17, 15) is 18.0 Å². The molecular formula is C22H19ClF3N3OS. The molecule has 0 atom stereocenters. The number of anilines is 1. The molecule has 1 amide bonds. The Hall–Kier alpha value is -2.71. The molecular weight excluding hydrogens is 447 g/mol. The lowest BCUT2D eigenvalue weighted by molar-refractivity contribution is -0.137. The second-order valence-corrected chi connectivity index (χ2v) is 8.37. The molecule has 31 heavy (non-hydrogen) atoms. The van der Waals surface area contributed by atoms with Gasteiger partial charge in [0.05, 0.1) is 17.1 Å². The predicted octanol–water partition coefficient (Wildman–Crippen LogP) is 6.17. The fraction of sp³-hybridized carbons (Fsp3) is 0.182. The zero-order chi connectivity index (χ0) is 22.6. The smallest absolute Gasteiger partial charge is 0.345 e. The average molecular weight is 466 g/mol. The number of pyridine rings is 1. The molecule has 0 N–H and O–H groups in total. The van der Waals surface area contributed by atoms with E-state index in [1.54, 1.807) is 42.7 Å². The summed E-state index contributed by atoms with van der Waals surface area (Å²) in [5.74, 6) is 0.0992. The van der Waals surface area contributed by atoms with Gasteiger partial charge in [0, 0.05) is 30.8 Å². The first-order valence-corrected chi connectivity index (χ1v) is 10.3. The highest BCUT2D eigenvalue weighted by molar-refractivity contribution is 8.00. The highest BCUT2D eigenvalue weighted by Gasteiger charge is 2.32. The number of carbonyl (C=O) groups excluding carboxylic acids is 1. The number of amides is 1. The number of benzene rings is 2. The van der Waals surface area contributed by atoms with E-state index in [0.29, 0.717) is 12.1 Å². The molecule has 3 rings (SSSR count). The van der Waals surface area contributed by atoms with Crippen LogP contribution in [0.5, 0.6) is 0 Å². The maximum Gasteiger partial charge on any atom is 0.417 e. The van der Waals surface area contributed by atoms with E-state index in [2.05, 4.69) is 4.98 Å². The molecule has 162 valence electrons. The van der Waals surface area contributed by atoms with Gasteiger partial charge in [-0.2, -0.15) is 13.2 Å². The average Bonchev–Trinajstić information content (AvgIpc) is 2.73. The monoisotopic (exact) mass is 465 g/mol. The first kappa shape index (κ1) is 23.0. The number of aromatic nitrogens is 1. The zero-order valence-corrected chi connectivity index (χ0v) is 18.3. The number of halogens is 4. The van der Waals surface area contributed by atoms with Crippen molar-refractivity contribution in [1.29, 1.82) is 0 Å². The number of carbonyl (C=O) groups is 1. The van der Waals surface area contributed by atoms with Gasteiger partial charge in [-0.15, -0.1) is 0 Å². The standard InChI is InChI=1S/C22H19ClF3N3OS/c1-28(2)21(30)16-8-10-18(11-9-16)31-29(14-15-6-4-3-5-7-15)20-19(23)12-17(13-27-20)22(24,25)26/h3-13H,14H2,1-2H3. The van der Waals surface area contributed by atoms with Crippen LogP contribution in [-0.4, -0.2) is 29.9 Å². The molecule has 1 heterocycles. The van der Waals surface area contributed by atoms with E-state index in [4.69, 9.17) is 11.6 Å². The predicted molar refractivity (Wildman–Crippen MR) is 117 cm³/mol. The van der Waals surface area contributed by atoms with Gasteiger partial charge in [-0.25, -0.2) is 4.98 Å². The molecule has 4 nitrogen and oxygen atoms in total. The highest BCUT2D eigenvalue weighted by atomic mass is 35.5. The fourth-order valence-corrected chi connectivity index (χ4v) is 3.99. The second kappa shape index (κ2) is 9.62. The van der Waals surface area contributed by atoms with Crippen LogP contribution in [-0.2, 0) is 12.7 Å². The molecule has 0 unspecified atom stereocenters. The number of hydrogen-bond acceptors (Lipinski definition) is 4. The Bertz CT molecular complexity index is 1040. The van der Waals surface area contributed by atoms with Gasteiger partial charge in [0.2, 0.25) is 0 Å². The van der Waals surface area contributed by atoms with E-state index < -0.39 is 11.7 Å². The lowest BCUT2D eigenvalue weighted by Crippen LogP contribution is -2.21. The number of alkyl halides is 3. The normalized spacial score (nSPS) is 11.3. The molecule has 9 heteroatoms. The topological polar surface area (TPSA) is 36.4 Å². The second-order valence-electron chi connectivity index (χ2n) is 6.86. The molecule has 0 aliphatic carbocycles. The van der Waals surface area contributed by atoms with E-state index in [-0.39, 0.29) is 16.7 Å². The van der Waals surface area contributed by atoms with Gasteiger partial charge in [-0.3, -0.25) is 9.10 Å². The minimum atomic E-state index is -4.53. The van der Waals surface area contributed by atoms with Gasteiger partial charge in [0.1, 0.15) is 0 Å². The third-order valence-corrected chi connectivity index (χ3v) is 5.56. The molecule has 0 radical (unpaired) electrons. The van der Waals surface area contributed by atoms with Crippen molar-refractivity contribution in [2.45, 2.75) is 17.6 Å². The first-order valence-electron chi connectivity index (χ1n) is 9.19. The summed E-state index contributed by atoms with van der Waals surface area (Å²) in [6.07, 6.45) is -3.75. The van der Waals surface area contributed by atoms with Crippen molar-refractivity contribution in [2.75, 3.05) is 18.4 Å². The quantitative estimate of drug-likeness (QED) is 0.408. The zero-order valence-electron chi connectivity index (χ0n) is 16.7. The van der Waals surface area contributed by atoms with Crippen LogP contribution < -0.4 is 4.31 Å². The number of rotatable bonds is 6. The van der Waals surface area contributed by atoms with E-state index >= 15 is 0 Å². The Balaban J connectivity index is 1.91. The SMILES string of the molecule is CN(C)C(=O)c1ccc(SN(Cc2ccccc2)c2ncc(C(F)(F)F)cc2Cl)cc1. The summed E-state index contributed by atoms with van der Waals surface area (Å²) in [5.41, 5.74) is 0.569. The summed E-state index contributed by atoms with van der Waals surface area (Å²) < 4.78 is 40.7. The van der Waals surface area contributed by atoms with Gasteiger partial charge < -0.3 is 4.90 Å². The van der Waals surface area contributed by atoms with Crippen molar-refractivity contribution in [3.63, 3.8) is 0 Å². The molecule has 0 aliphatic heterocycles. The maximum atomic E-state index is 13.0. The fourth-order valence-electron chi connectivity index (χ4n) is 2.71. The van der Waals surface area contributed by atoms with Crippen molar-refractivity contribution in [3.05, 3.63) is 88.6 Å². The van der Waals surface area contributed by atoms with Crippen molar-refractivity contribution in [3.8, 4) is 0 Å². The molecule has 0 spiro atoms. The van der Waals surface area contributed by atoms with Crippen molar-refractivity contribution in [1.82, 2.24) is 9.88 Å². The Morgan fingerprint density at radius 3 is 2.26 bits per heavy atom. The molecule has 3 aromatic rings. The van der Waals surface area contributed by atoms with Crippen LogP contribution >= 0.6 is 23.5 Å². The molecule has 0 saturated heterocycles.